The van der Waals surface area contributed by atoms with Gasteiger partial charge in [-0.15, -0.1) is 0 Å². The number of likely N-dealkylation sites (tertiary alicyclic amines) is 1. The van der Waals surface area contributed by atoms with Crippen LogP contribution in [0.4, 0.5) is 5.69 Å². The van der Waals surface area contributed by atoms with E-state index in [1.807, 2.05) is 111 Å². The number of piperidine rings is 1. The van der Waals surface area contributed by atoms with Crippen molar-refractivity contribution in [3.8, 4) is 11.5 Å². The minimum atomic E-state index is -0.377. The predicted molar refractivity (Wildman–Crippen MR) is 228 cm³/mol. The Morgan fingerprint density at radius 1 is 0.931 bits per heavy atom. The van der Waals surface area contributed by atoms with Gasteiger partial charge in [0.05, 0.1) is 23.5 Å². The number of nitrogens with one attached hydrogen (secondary N) is 1. The predicted octanol–water partition coefficient (Wildman–Crippen LogP) is 8.11. The number of ether oxygens (including phenoxy) is 1. The number of aromatic nitrogens is 1. The number of fused-ring (bicyclic) bond motifs is 1. The van der Waals surface area contributed by atoms with E-state index in [1.165, 1.54) is 5.56 Å². The van der Waals surface area contributed by atoms with E-state index in [-0.39, 0.29) is 23.4 Å². The molecule has 2 aliphatic rings. The molecule has 1 spiro atoms. The summed E-state index contributed by atoms with van der Waals surface area (Å²) in [6, 6.07) is 30.9. The van der Waals surface area contributed by atoms with Crippen LogP contribution in [-0.4, -0.2) is 78.8 Å². The number of likely N-dealkylation sites (N-methyl/N-ethyl adjacent to an activating group) is 1. The van der Waals surface area contributed by atoms with E-state index < -0.39 is 0 Å². The highest BCUT2D eigenvalue weighted by Crippen LogP contribution is 2.42. The van der Waals surface area contributed by atoms with Gasteiger partial charge in [-0.3, -0.25) is 24.4 Å². The quantitative estimate of drug-likeness (QED) is 0.0994. The van der Waals surface area contributed by atoms with Gasteiger partial charge in [0.15, 0.2) is 0 Å². The van der Waals surface area contributed by atoms with E-state index >= 15 is 0 Å². The summed E-state index contributed by atoms with van der Waals surface area (Å²) >= 11 is 0. The fraction of sp³-hybridized carbons (Fsp3) is 0.354. The molecule has 300 valence electrons. The van der Waals surface area contributed by atoms with Crippen LogP contribution >= 0.6 is 0 Å². The number of anilines is 1. The molecule has 0 radical (unpaired) electrons. The molecule has 3 heterocycles. The monoisotopic (exact) mass is 779 g/mol. The van der Waals surface area contributed by atoms with Crippen molar-refractivity contribution in [2.75, 3.05) is 38.1 Å². The molecule has 1 aromatic heterocycles. The second-order valence-corrected chi connectivity index (χ2v) is 16.2. The molecule has 2 saturated heterocycles. The number of hydrogen-bond acceptors (Lipinski definition) is 9. The van der Waals surface area contributed by atoms with Crippen LogP contribution in [-0.2, 0) is 22.7 Å². The lowest BCUT2D eigenvalue weighted by molar-refractivity contribution is -0.113. The third kappa shape index (κ3) is 9.52. The number of benzene rings is 4. The number of hydrogen-bond donors (Lipinski definition) is 1. The lowest BCUT2D eigenvalue weighted by Crippen LogP contribution is -2.41. The molecule has 58 heavy (non-hydrogen) atoms. The highest BCUT2D eigenvalue weighted by atomic mass is 16.5. The number of nitrogens with zero attached hydrogens (tertiary/aromatic N) is 4. The molecule has 0 aliphatic carbocycles. The van der Waals surface area contributed by atoms with Crippen molar-refractivity contribution in [2.45, 2.75) is 71.1 Å². The molecule has 1 amide bonds. The zero-order valence-electron chi connectivity index (χ0n) is 33.7. The molecule has 2 aliphatic heterocycles. The summed E-state index contributed by atoms with van der Waals surface area (Å²) in [6.07, 6.45) is 6.68. The van der Waals surface area contributed by atoms with E-state index in [2.05, 4.69) is 27.2 Å². The normalized spacial score (nSPS) is 16.3. The summed E-state index contributed by atoms with van der Waals surface area (Å²) in [5.41, 5.74) is 6.43. The van der Waals surface area contributed by atoms with Crippen molar-refractivity contribution < 1.29 is 23.9 Å². The van der Waals surface area contributed by atoms with Gasteiger partial charge in [-0.1, -0.05) is 35.9 Å². The largest absolute Gasteiger partial charge is 0.457 e. The lowest BCUT2D eigenvalue weighted by Gasteiger charge is -2.40. The van der Waals surface area contributed by atoms with Crippen molar-refractivity contribution in [1.29, 1.82) is 0 Å². The zero-order chi connectivity index (χ0) is 40.6. The maximum atomic E-state index is 13.5. The average Bonchev–Trinajstić information content (AvgIpc) is 3.62. The van der Waals surface area contributed by atoms with Crippen molar-refractivity contribution in [3.05, 3.63) is 131 Å². The van der Waals surface area contributed by atoms with Crippen LogP contribution < -0.4 is 15.0 Å². The number of aryl methyl sites for hydroxylation is 1. The lowest BCUT2D eigenvalue weighted by atomic mass is 9.77. The highest BCUT2D eigenvalue weighted by molar-refractivity contribution is 6.00. The molecule has 1 N–H and O–H groups in total. The summed E-state index contributed by atoms with van der Waals surface area (Å²) in [5, 5.41) is 5.03. The van der Waals surface area contributed by atoms with Gasteiger partial charge in [-0.05, 0) is 136 Å². The van der Waals surface area contributed by atoms with Crippen LogP contribution in [0.1, 0.15) is 88.3 Å². The number of carbonyl (C=O) groups is 4. The molecule has 7 rings (SSSR count). The van der Waals surface area contributed by atoms with Gasteiger partial charge in [0, 0.05) is 61.3 Å². The molecule has 10 heteroatoms. The average molecular weight is 780 g/mol. The molecule has 0 saturated carbocycles. The van der Waals surface area contributed by atoms with Crippen LogP contribution in [0.5, 0.6) is 11.5 Å². The van der Waals surface area contributed by atoms with E-state index in [9.17, 15) is 19.2 Å². The van der Waals surface area contributed by atoms with Gasteiger partial charge in [0.25, 0.3) is 5.91 Å². The van der Waals surface area contributed by atoms with Gasteiger partial charge < -0.3 is 24.5 Å². The molecule has 10 nitrogen and oxygen atoms in total. The summed E-state index contributed by atoms with van der Waals surface area (Å²) < 4.78 is 6.18. The number of amides is 1. The van der Waals surface area contributed by atoms with Crippen molar-refractivity contribution in [1.82, 2.24) is 20.1 Å². The third-order valence-electron chi connectivity index (χ3n) is 12.0. The molecule has 2 fully saturated rings. The Hall–Kier alpha value is -5.71. The summed E-state index contributed by atoms with van der Waals surface area (Å²) in [7, 11) is 1.86. The molecule has 4 aromatic carbocycles. The summed E-state index contributed by atoms with van der Waals surface area (Å²) in [6.45, 7) is 9.14. The summed E-state index contributed by atoms with van der Waals surface area (Å²) in [4.78, 5) is 59.8. The molecular weight excluding hydrogens is 727 g/mol. The highest BCUT2D eigenvalue weighted by Gasteiger charge is 2.40. The Morgan fingerprint density at radius 2 is 1.71 bits per heavy atom. The Morgan fingerprint density at radius 3 is 2.47 bits per heavy atom. The number of rotatable bonds is 16. The second kappa shape index (κ2) is 18.3. The fourth-order valence-electron chi connectivity index (χ4n) is 8.50. The van der Waals surface area contributed by atoms with Crippen molar-refractivity contribution >= 4 is 41.2 Å². The Labute approximate surface area is 341 Å². The van der Waals surface area contributed by atoms with Crippen molar-refractivity contribution in [2.24, 2.45) is 5.41 Å². The molecule has 0 bridgehead atoms. The smallest absolute Gasteiger partial charge is 0.251 e. The van der Waals surface area contributed by atoms with Crippen LogP contribution in [0.25, 0.3) is 10.8 Å². The molecule has 2 atom stereocenters. The first-order valence-electron chi connectivity index (χ1n) is 20.3. The van der Waals surface area contributed by atoms with Gasteiger partial charge in [0.2, 0.25) is 0 Å². The topological polar surface area (TPSA) is 112 Å². The van der Waals surface area contributed by atoms with E-state index in [4.69, 9.17) is 9.72 Å². The maximum Gasteiger partial charge on any atom is 0.251 e. The Kier molecular flexibility index (Phi) is 12.7. The van der Waals surface area contributed by atoms with E-state index in [0.29, 0.717) is 30.5 Å². The molecular formula is C48H53N5O5. The minimum Gasteiger partial charge on any atom is -0.457 e. The Balaban J connectivity index is 0.927. The van der Waals surface area contributed by atoms with Gasteiger partial charge in [-0.25, -0.2) is 0 Å². The first-order valence-corrected chi connectivity index (χ1v) is 20.3. The zero-order valence-corrected chi connectivity index (χ0v) is 33.7. The Bertz CT molecular complexity index is 2250. The minimum absolute atomic E-state index is 0.153. The van der Waals surface area contributed by atoms with Crippen molar-refractivity contribution in [3.63, 3.8) is 0 Å². The number of aldehydes is 3. The number of carbonyl (C=O) groups excluding carboxylic acids is 4. The van der Waals surface area contributed by atoms with Gasteiger partial charge >= 0.3 is 0 Å². The first kappa shape index (κ1) is 40.5. The summed E-state index contributed by atoms with van der Waals surface area (Å²) in [5.74, 6) is 1.36. The van der Waals surface area contributed by atoms with Crippen LogP contribution in [0.3, 0.4) is 0 Å². The van der Waals surface area contributed by atoms with Crippen LogP contribution in [0.15, 0.2) is 97.1 Å². The second-order valence-electron chi connectivity index (χ2n) is 16.2. The van der Waals surface area contributed by atoms with E-state index in [0.717, 1.165) is 116 Å². The maximum absolute atomic E-state index is 13.5. The fourth-order valence-corrected chi connectivity index (χ4v) is 8.50. The van der Waals surface area contributed by atoms with Crippen LogP contribution in [0.2, 0.25) is 0 Å². The SMILES string of the molecule is Cc1ccc(Oc2cccc3cc(C(=O)NC(C)c4cccc(CN5CCC6(CCN(c7ccc(C=O)c(CN(C)C(C=O)CCC=O)c7)CC6)C5)n4)ccc23)cc1. The molecule has 2 unspecified atom stereocenters. The number of pyridine rings is 1. The van der Waals surface area contributed by atoms with Gasteiger partial charge in [-0.2, -0.15) is 0 Å². The van der Waals surface area contributed by atoms with Crippen LogP contribution in [0, 0.1) is 12.3 Å². The van der Waals surface area contributed by atoms with E-state index in [1.54, 1.807) is 0 Å². The van der Waals surface area contributed by atoms with Gasteiger partial charge in [0.1, 0.15) is 30.4 Å². The standard InChI is InChI=1S/C48H53N5O5/c1-34-12-17-43(18-13-34)58-46-11-4-7-36-27-37(15-19-44(36)46)47(57)49-35(2)45-10-5-8-40(50-45)30-52-23-20-48(33-52)21-24-53(25-22-48)41-16-14-38(31-55)39(28-41)29-51(3)42(32-56)9-6-26-54/h4-5,7-8,10-19,26-28,31-32,35,42H,6,9,20-25,29-30,33H2,1-3H3,(H,49,57). The molecule has 5 aromatic rings. The third-order valence-corrected chi connectivity index (χ3v) is 12.0. The first-order chi connectivity index (χ1) is 28.2.